The Morgan fingerprint density at radius 2 is 1.81 bits per heavy atom. The van der Waals surface area contributed by atoms with Crippen molar-refractivity contribution in [1.29, 1.82) is 0 Å². The number of carbonyl (C=O) groups is 2. The van der Waals surface area contributed by atoms with Crippen LogP contribution in [0.25, 0.3) is 0 Å². The molecule has 0 radical (unpaired) electrons. The van der Waals surface area contributed by atoms with E-state index in [1.807, 2.05) is 0 Å². The minimum absolute atomic E-state index is 0.120. The van der Waals surface area contributed by atoms with Crippen LogP contribution in [0.2, 0.25) is 0 Å². The lowest BCUT2D eigenvalue weighted by atomic mass is 9.83. The largest absolute Gasteiger partial charge is 0.462 e. The minimum atomic E-state index is -0.371. The molecule has 21 heavy (non-hydrogen) atoms. The molecule has 0 saturated heterocycles. The fourth-order valence-corrected chi connectivity index (χ4v) is 2.68. The van der Waals surface area contributed by atoms with E-state index in [1.54, 1.807) is 6.92 Å². The van der Waals surface area contributed by atoms with Gasteiger partial charge in [0.25, 0.3) is 0 Å². The van der Waals surface area contributed by atoms with Crippen molar-refractivity contribution in [2.45, 2.75) is 77.2 Å². The molecule has 0 unspecified atom stereocenters. The van der Waals surface area contributed by atoms with E-state index in [9.17, 15) is 9.59 Å². The molecule has 1 aliphatic carbocycles. The van der Waals surface area contributed by atoms with Crippen LogP contribution >= 0.6 is 0 Å². The molecule has 0 aromatic rings. The molecular formula is C17H28O4. The molecule has 4 heteroatoms. The van der Waals surface area contributed by atoms with E-state index in [-0.39, 0.29) is 17.5 Å². The molecule has 0 heterocycles. The summed E-state index contributed by atoms with van der Waals surface area (Å²) in [5.74, 6) is -0.491. The van der Waals surface area contributed by atoms with E-state index in [1.165, 1.54) is 6.42 Å². The summed E-state index contributed by atoms with van der Waals surface area (Å²) in [4.78, 5) is 23.1. The fourth-order valence-electron chi connectivity index (χ4n) is 2.68. The van der Waals surface area contributed by atoms with Crippen molar-refractivity contribution in [3.05, 3.63) is 12.2 Å². The third-order valence-electron chi connectivity index (χ3n) is 4.10. The third kappa shape index (κ3) is 6.32. The van der Waals surface area contributed by atoms with Crippen LogP contribution in [0.5, 0.6) is 0 Å². The van der Waals surface area contributed by atoms with Crippen LogP contribution < -0.4 is 0 Å². The zero-order valence-corrected chi connectivity index (χ0v) is 13.4. The SMILES string of the molecule is C=C(C)C(=O)OCCCCC(=O)OC1(CC)CCCCC1. The molecule has 0 aromatic heterocycles. The minimum Gasteiger partial charge on any atom is -0.462 e. The number of carbonyl (C=O) groups excluding carboxylic acids is 2. The van der Waals surface area contributed by atoms with Gasteiger partial charge in [0.2, 0.25) is 0 Å². The average molecular weight is 296 g/mol. The molecule has 0 aromatic carbocycles. The Bertz CT molecular complexity index is 367. The molecule has 0 amide bonds. The summed E-state index contributed by atoms with van der Waals surface area (Å²) < 4.78 is 10.7. The molecule has 0 N–H and O–H groups in total. The van der Waals surface area contributed by atoms with Gasteiger partial charge in [-0.1, -0.05) is 19.9 Å². The first-order valence-corrected chi connectivity index (χ1v) is 8.03. The highest BCUT2D eigenvalue weighted by Crippen LogP contribution is 2.34. The van der Waals surface area contributed by atoms with Crippen LogP contribution in [0.1, 0.15) is 71.6 Å². The number of unbranched alkanes of at least 4 members (excludes halogenated alkanes) is 1. The highest BCUT2D eigenvalue weighted by atomic mass is 16.6. The van der Waals surface area contributed by atoms with Gasteiger partial charge >= 0.3 is 11.9 Å². The molecule has 1 rings (SSSR count). The number of rotatable bonds is 8. The summed E-state index contributed by atoms with van der Waals surface area (Å²) in [6.07, 6.45) is 8.18. The van der Waals surface area contributed by atoms with E-state index in [2.05, 4.69) is 13.5 Å². The van der Waals surface area contributed by atoms with Crippen molar-refractivity contribution >= 4 is 11.9 Å². The molecular weight excluding hydrogens is 268 g/mol. The summed E-state index contributed by atoms with van der Waals surface area (Å²) >= 11 is 0. The van der Waals surface area contributed by atoms with Gasteiger partial charge < -0.3 is 9.47 Å². The summed E-state index contributed by atoms with van der Waals surface area (Å²) in [6.45, 7) is 7.56. The molecule has 0 spiro atoms. The van der Waals surface area contributed by atoms with Gasteiger partial charge in [-0.05, 0) is 51.9 Å². The van der Waals surface area contributed by atoms with Gasteiger partial charge in [0.1, 0.15) is 5.60 Å². The molecule has 1 fully saturated rings. The Hall–Kier alpha value is -1.32. The number of esters is 2. The predicted octanol–water partition coefficient (Wildman–Crippen LogP) is 3.93. The summed E-state index contributed by atoms with van der Waals surface area (Å²) in [5, 5.41) is 0. The maximum absolute atomic E-state index is 11.9. The van der Waals surface area contributed by atoms with Crippen molar-refractivity contribution in [3.8, 4) is 0 Å². The van der Waals surface area contributed by atoms with Gasteiger partial charge in [0, 0.05) is 12.0 Å². The van der Waals surface area contributed by atoms with E-state index >= 15 is 0 Å². The molecule has 0 bridgehead atoms. The smallest absolute Gasteiger partial charge is 0.333 e. The van der Waals surface area contributed by atoms with Crippen molar-refractivity contribution in [2.75, 3.05) is 6.61 Å². The first kappa shape index (κ1) is 17.7. The second-order valence-corrected chi connectivity index (χ2v) is 5.94. The Morgan fingerprint density at radius 1 is 1.14 bits per heavy atom. The van der Waals surface area contributed by atoms with Crippen molar-refractivity contribution in [1.82, 2.24) is 0 Å². The summed E-state index contributed by atoms with van der Waals surface area (Å²) in [5.41, 5.74) is 0.179. The summed E-state index contributed by atoms with van der Waals surface area (Å²) in [6, 6.07) is 0. The predicted molar refractivity (Wildman–Crippen MR) is 81.8 cm³/mol. The molecule has 120 valence electrons. The van der Waals surface area contributed by atoms with Crippen LogP contribution in [0.3, 0.4) is 0 Å². The topological polar surface area (TPSA) is 52.6 Å². The maximum Gasteiger partial charge on any atom is 0.333 e. The Kier molecular flexibility index (Phi) is 7.48. The maximum atomic E-state index is 11.9. The van der Waals surface area contributed by atoms with Crippen LogP contribution in [0.15, 0.2) is 12.2 Å². The quantitative estimate of drug-likeness (QED) is 0.387. The van der Waals surface area contributed by atoms with Gasteiger partial charge in [0.15, 0.2) is 0 Å². The van der Waals surface area contributed by atoms with E-state index in [0.717, 1.165) is 32.1 Å². The van der Waals surface area contributed by atoms with Gasteiger partial charge in [0.05, 0.1) is 6.61 Å². The van der Waals surface area contributed by atoms with Crippen molar-refractivity contribution in [3.63, 3.8) is 0 Å². The zero-order valence-electron chi connectivity index (χ0n) is 13.4. The lowest BCUT2D eigenvalue weighted by Gasteiger charge is -2.36. The molecule has 4 nitrogen and oxygen atoms in total. The molecule has 1 saturated carbocycles. The monoisotopic (exact) mass is 296 g/mol. The van der Waals surface area contributed by atoms with Crippen LogP contribution in [0.4, 0.5) is 0 Å². The highest BCUT2D eigenvalue weighted by Gasteiger charge is 2.33. The molecule has 1 aliphatic rings. The van der Waals surface area contributed by atoms with Crippen molar-refractivity contribution in [2.24, 2.45) is 0 Å². The number of ether oxygens (including phenoxy) is 2. The number of hydrogen-bond donors (Lipinski definition) is 0. The summed E-state index contributed by atoms with van der Waals surface area (Å²) in [7, 11) is 0. The lowest BCUT2D eigenvalue weighted by Crippen LogP contribution is -2.36. The second kappa shape index (κ2) is 8.85. The third-order valence-corrected chi connectivity index (χ3v) is 4.10. The molecule has 0 atom stereocenters. The Morgan fingerprint density at radius 3 is 2.38 bits per heavy atom. The Balaban J connectivity index is 2.18. The number of hydrogen-bond acceptors (Lipinski definition) is 4. The Labute approximate surface area is 127 Å². The zero-order chi connectivity index (χ0) is 15.7. The first-order chi connectivity index (χ1) is 9.99. The van der Waals surface area contributed by atoms with E-state index < -0.39 is 0 Å². The van der Waals surface area contributed by atoms with Gasteiger partial charge in [-0.2, -0.15) is 0 Å². The van der Waals surface area contributed by atoms with Crippen LogP contribution in [-0.4, -0.2) is 24.1 Å². The average Bonchev–Trinajstić information content (AvgIpc) is 2.47. The standard InChI is InChI=1S/C17H28O4/c1-4-17(11-7-5-8-12-17)21-15(18)10-6-9-13-20-16(19)14(2)3/h2,4-13H2,1,3H3. The first-order valence-electron chi connectivity index (χ1n) is 8.03. The normalized spacial score (nSPS) is 17.0. The van der Waals surface area contributed by atoms with E-state index in [0.29, 0.717) is 31.4 Å². The van der Waals surface area contributed by atoms with Gasteiger partial charge in [-0.25, -0.2) is 4.79 Å². The lowest BCUT2D eigenvalue weighted by molar-refractivity contribution is -0.164. The fraction of sp³-hybridized carbons (Fsp3) is 0.765. The van der Waals surface area contributed by atoms with Gasteiger partial charge in [-0.15, -0.1) is 0 Å². The van der Waals surface area contributed by atoms with Crippen LogP contribution in [-0.2, 0) is 19.1 Å². The highest BCUT2D eigenvalue weighted by molar-refractivity contribution is 5.86. The van der Waals surface area contributed by atoms with Crippen molar-refractivity contribution < 1.29 is 19.1 Å². The second-order valence-electron chi connectivity index (χ2n) is 5.94. The van der Waals surface area contributed by atoms with E-state index in [4.69, 9.17) is 9.47 Å². The molecule has 0 aliphatic heterocycles. The van der Waals surface area contributed by atoms with Gasteiger partial charge in [-0.3, -0.25) is 4.79 Å². The van der Waals surface area contributed by atoms with Crippen LogP contribution in [0, 0.1) is 0 Å².